The molecule has 1 aliphatic carbocycles. The van der Waals surface area contributed by atoms with Crippen molar-refractivity contribution in [2.75, 3.05) is 13.2 Å². The van der Waals surface area contributed by atoms with Crippen LogP contribution in [0.15, 0.2) is 24.3 Å². The predicted molar refractivity (Wildman–Crippen MR) is 87.9 cm³/mol. The van der Waals surface area contributed by atoms with E-state index in [1.165, 1.54) is 31.4 Å². The van der Waals surface area contributed by atoms with Gasteiger partial charge in [0.15, 0.2) is 0 Å². The zero-order chi connectivity index (χ0) is 15.1. The lowest BCUT2D eigenvalue weighted by Crippen LogP contribution is -2.27. The summed E-state index contributed by atoms with van der Waals surface area (Å²) < 4.78 is 0. The normalized spacial score (nSPS) is 14.3. The van der Waals surface area contributed by atoms with Crippen LogP contribution in [0.5, 0.6) is 0 Å². The third-order valence-electron chi connectivity index (χ3n) is 3.87. The van der Waals surface area contributed by atoms with Gasteiger partial charge < -0.3 is 5.11 Å². The highest BCUT2D eigenvalue weighted by Gasteiger charge is 2.28. The SMILES string of the molecule is CC(C)CCN(Cc1ccc(C#CCCO)cc1)C1CC1. The molecule has 114 valence electrons. The Morgan fingerprint density at radius 3 is 2.52 bits per heavy atom. The van der Waals surface area contributed by atoms with E-state index >= 15 is 0 Å². The second kappa shape index (κ2) is 8.22. The molecule has 2 nitrogen and oxygen atoms in total. The molecule has 1 N–H and O–H groups in total. The van der Waals surface area contributed by atoms with Gasteiger partial charge in [0.2, 0.25) is 0 Å². The van der Waals surface area contributed by atoms with Crippen LogP contribution in [0, 0.1) is 17.8 Å². The summed E-state index contributed by atoms with van der Waals surface area (Å²) in [6.07, 6.45) is 4.55. The van der Waals surface area contributed by atoms with E-state index < -0.39 is 0 Å². The Morgan fingerprint density at radius 2 is 1.95 bits per heavy atom. The van der Waals surface area contributed by atoms with Crippen LogP contribution in [0.2, 0.25) is 0 Å². The molecule has 0 heterocycles. The molecule has 2 rings (SSSR count). The maximum atomic E-state index is 8.73. The summed E-state index contributed by atoms with van der Waals surface area (Å²) >= 11 is 0. The topological polar surface area (TPSA) is 23.5 Å². The Kier molecular flexibility index (Phi) is 6.29. The molecular weight excluding hydrogens is 258 g/mol. The summed E-state index contributed by atoms with van der Waals surface area (Å²) in [6.45, 7) is 7.00. The molecule has 21 heavy (non-hydrogen) atoms. The van der Waals surface area contributed by atoms with Crippen molar-refractivity contribution in [3.63, 3.8) is 0 Å². The number of hydrogen-bond donors (Lipinski definition) is 1. The largest absolute Gasteiger partial charge is 0.395 e. The van der Waals surface area contributed by atoms with Gasteiger partial charge in [-0.1, -0.05) is 37.8 Å². The van der Waals surface area contributed by atoms with E-state index in [-0.39, 0.29) is 6.61 Å². The first-order chi connectivity index (χ1) is 10.2. The highest BCUT2D eigenvalue weighted by Crippen LogP contribution is 2.28. The van der Waals surface area contributed by atoms with Gasteiger partial charge in [0.25, 0.3) is 0 Å². The van der Waals surface area contributed by atoms with Gasteiger partial charge in [0.1, 0.15) is 0 Å². The first-order valence-corrected chi connectivity index (χ1v) is 8.11. The van der Waals surface area contributed by atoms with E-state index in [1.54, 1.807) is 0 Å². The minimum atomic E-state index is 0.136. The highest BCUT2D eigenvalue weighted by atomic mass is 16.2. The van der Waals surface area contributed by atoms with Gasteiger partial charge in [-0.2, -0.15) is 0 Å². The van der Waals surface area contributed by atoms with Crippen molar-refractivity contribution in [1.82, 2.24) is 4.90 Å². The van der Waals surface area contributed by atoms with Gasteiger partial charge in [-0.05, 0) is 49.4 Å². The molecule has 0 unspecified atom stereocenters. The third-order valence-corrected chi connectivity index (χ3v) is 3.87. The number of rotatable bonds is 7. The van der Waals surface area contributed by atoms with Crippen LogP contribution in [-0.4, -0.2) is 29.2 Å². The van der Waals surface area contributed by atoms with Crippen LogP contribution >= 0.6 is 0 Å². The molecule has 0 atom stereocenters. The molecule has 2 heteroatoms. The monoisotopic (exact) mass is 285 g/mol. The number of aliphatic hydroxyl groups excluding tert-OH is 1. The van der Waals surface area contributed by atoms with Crippen LogP contribution in [0.1, 0.15) is 50.7 Å². The Morgan fingerprint density at radius 1 is 1.24 bits per heavy atom. The number of benzene rings is 1. The van der Waals surface area contributed by atoms with Gasteiger partial charge in [0.05, 0.1) is 6.61 Å². The van der Waals surface area contributed by atoms with Crippen LogP contribution < -0.4 is 0 Å². The van der Waals surface area contributed by atoms with E-state index in [1.807, 2.05) is 0 Å². The van der Waals surface area contributed by atoms with E-state index in [9.17, 15) is 0 Å². The molecule has 0 spiro atoms. The highest BCUT2D eigenvalue weighted by molar-refractivity contribution is 5.36. The Balaban J connectivity index is 1.90. The molecular formula is C19H27NO. The van der Waals surface area contributed by atoms with E-state index in [2.05, 4.69) is 54.9 Å². The summed E-state index contributed by atoms with van der Waals surface area (Å²) in [5, 5.41) is 8.73. The number of hydrogen-bond acceptors (Lipinski definition) is 2. The molecule has 1 aromatic rings. The van der Waals surface area contributed by atoms with Gasteiger partial charge in [-0.25, -0.2) is 0 Å². The molecule has 0 saturated heterocycles. The number of aliphatic hydroxyl groups is 1. The molecule has 1 aromatic carbocycles. The molecule has 0 aliphatic heterocycles. The number of nitrogens with zero attached hydrogens (tertiary/aromatic N) is 1. The Bertz CT molecular complexity index is 477. The van der Waals surface area contributed by atoms with E-state index in [4.69, 9.17) is 5.11 Å². The van der Waals surface area contributed by atoms with Crippen LogP contribution in [0.3, 0.4) is 0 Å². The van der Waals surface area contributed by atoms with Gasteiger partial charge in [-0.3, -0.25) is 4.90 Å². The van der Waals surface area contributed by atoms with Gasteiger partial charge in [0, 0.05) is 24.6 Å². The maximum Gasteiger partial charge on any atom is 0.0540 e. The van der Waals surface area contributed by atoms with Crippen molar-refractivity contribution in [1.29, 1.82) is 0 Å². The minimum Gasteiger partial charge on any atom is -0.395 e. The van der Waals surface area contributed by atoms with E-state index in [0.717, 1.165) is 24.1 Å². The fourth-order valence-electron chi connectivity index (χ4n) is 2.40. The Hall–Kier alpha value is -1.30. The smallest absolute Gasteiger partial charge is 0.0540 e. The zero-order valence-corrected chi connectivity index (χ0v) is 13.3. The Labute approximate surface area is 129 Å². The molecule has 1 saturated carbocycles. The van der Waals surface area contributed by atoms with Crippen molar-refractivity contribution < 1.29 is 5.11 Å². The summed E-state index contributed by atoms with van der Waals surface area (Å²) in [7, 11) is 0. The van der Waals surface area contributed by atoms with Crippen molar-refractivity contribution in [2.24, 2.45) is 5.92 Å². The fraction of sp³-hybridized carbons (Fsp3) is 0.579. The van der Waals surface area contributed by atoms with Crippen molar-refractivity contribution >= 4 is 0 Å². The lowest BCUT2D eigenvalue weighted by molar-refractivity contribution is 0.239. The standard InChI is InChI=1S/C19H27NO/c1-16(2)12-13-20(19-10-11-19)15-18-8-6-17(7-9-18)5-3-4-14-21/h6-9,16,19,21H,4,10-15H2,1-2H3. The van der Waals surface area contributed by atoms with Gasteiger partial charge in [-0.15, -0.1) is 0 Å². The van der Waals surface area contributed by atoms with Gasteiger partial charge >= 0.3 is 0 Å². The molecule has 1 fully saturated rings. The molecule has 0 radical (unpaired) electrons. The molecule has 0 aromatic heterocycles. The first-order valence-electron chi connectivity index (χ1n) is 8.11. The average Bonchev–Trinajstić information content (AvgIpc) is 3.30. The van der Waals surface area contributed by atoms with Crippen LogP contribution in [0.4, 0.5) is 0 Å². The maximum absolute atomic E-state index is 8.73. The van der Waals surface area contributed by atoms with E-state index in [0.29, 0.717) is 6.42 Å². The summed E-state index contributed by atoms with van der Waals surface area (Å²) in [4.78, 5) is 2.63. The second-order valence-electron chi connectivity index (χ2n) is 6.36. The molecule has 0 bridgehead atoms. The lowest BCUT2D eigenvalue weighted by Gasteiger charge is -2.23. The average molecular weight is 285 g/mol. The summed E-state index contributed by atoms with van der Waals surface area (Å²) in [6, 6.07) is 9.37. The third kappa shape index (κ3) is 5.91. The lowest BCUT2D eigenvalue weighted by atomic mass is 10.1. The quantitative estimate of drug-likeness (QED) is 0.776. The second-order valence-corrected chi connectivity index (χ2v) is 6.36. The predicted octanol–water partition coefficient (Wildman–Crippen LogP) is 3.43. The molecule has 0 amide bonds. The minimum absolute atomic E-state index is 0.136. The fourth-order valence-corrected chi connectivity index (χ4v) is 2.40. The summed E-state index contributed by atoms with van der Waals surface area (Å²) in [5.41, 5.74) is 2.41. The summed E-state index contributed by atoms with van der Waals surface area (Å²) in [5.74, 6) is 6.81. The van der Waals surface area contributed by atoms with Crippen molar-refractivity contribution in [3.8, 4) is 11.8 Å². The van der Waals surface area contributed by atoms with Crippen molar-refractivity contribution in [2.45, 2.75) is 52.1 Å². The first kappa shape index (κ1) is 16.1. The van der Waals surface area contributed by atoms with Crippen LogP contribution in [0.25, 0.3) is 0 Å². The van der Waals surface area contributed by atoms with Crippen molar-refractivity contribution in [3.05, 3.63) is 35.4 Å². The zero-order valence-electron chi connectivity index (χ0n) is 13.3. The van der Waals surface area contributed by atoms with Crippen LogP contribution in [-0.2, 0) is 6.54 Å². The molecule has 1 aliphatic rings.